The molecule has 1 aromatic rings. The molecule has 0 radical (unpaired) electrons. The molecule has 0 aromatic carbocycles. The Kier molecular flexibility index (Phi) is 4.80. The molecule has 4 nitrogen and oxygen atoms in total. The van der Waals surface area contributed by atoms with Gasteiger partial charge < -0.3 is 4.90 Å². The van der Waals surface area contributed by atoms with Crippen molar-refractivity contribution in [3.63, 3.8) is 0 Å². The van der Waals surface area contributed by atoms with Gasteiger partial charge in [-0.3, -0.25) is 9.69 Å². The highest BCUT2D eigenvalue weighted by atomic mass is 35.5. The lowest BCUT2D eigenvalue weighted by Crippen LogP contribution is -2.62. The summed E-state index contributed by atoms with van der Waals surface area (Å²) in [7, 11) is 0. The Morgan fingerprint density at radius 1 is 1.33 bits per heavy atom. The van der Waals surface area contributed by atoms with Gasteiger partial charge in [-0.05, 0) is 17.5 Å². The van der Waals surface area contributed by atoms with Crippen LogP contribution in [0.2, 0.25) is 5.02 Å². The van der Waals surface area contributed by atoms with Crippen molar-refractivity contribution in [2.75, 3.05) is 26.2 Å². The number of hydrogen-bond acceptors (Lipinski definition) is 3. The van der Waals surface area contributed by atoms with Crippen LogP contribution in [0.15, 0.2) is 12.3 Å². The Morgan fingerprint density at radius 2 is 1.96 bits per heavy atom. The van der Waals surface area contributed by atoms with E-state index >= 15 is 0 Å². The third-order valence-corrected chi connectivity index (χ3v) is 5.22. The number of likely N-dealkylation sites (tertiary alicyclic amines) is 2. The lowest BCUT2D eigenvalue weighted by molar-refractivity contribution is -0.0764. The van der Waals surface area contributed by atoms with Crippen LogP contribution in [0.4, 0.5) is 8.78 Å². The smallest absolute Gasteiger partial charge is 0.274 e. The first-order chi connectivity index (χ1) is 11.3. The van der Waals surface area contributed by atoms with Gasteiger partial charge in [-0.2, -0.15) is 0 Å². The standard InChI is InChI=1S/C17H22ClF2N3O/c1-11(2)12-7-14(18)15(21-8-12)16(24)23-9-13(10-23)22-5-3-17(19,20)4-6-22/h7-8,11,13H,3-6,9-10H2,1-2H3. The molecule has 2 fully saturated rings. The van der Waals surface area contributed by atoms with Crippen molar-refractivity contribution in [1.29, 1.82) is 0 Å². The van der Waals surface area contributed by atoms with E-state index in [-0.39, 0.29) is 30.5 Å². The van der Waals surface area contributed by atoms with Crippen molar-refractivity contribution < 1.29 is 13.6 Å². The molecule has 0 atom stereocenters. The van der Waals surface area contributed by atoms with Crippen LogP contribution in [0, 0.1) is 0 Å². The molecule has 0 aliphatic carbocycles. The van der Waals surface area contributed by atoms with E-state index in [1.807, 2.05) is 13.8 Å². The number of hydrogen-bond donors (Lipinski definition) is 0. The first kappa shape index (κ1) is 17.5. The minimum Gasteiger partial charge on any atom is -0.334 e. The summed E-state index contributed by atoms with van der Waals surface area (Å²) in [5.41, 5.74) is 1.26. The number of nitrogens with zero attached hydrogens (tertiary/aromatic N) is 3. The van der Waals surface area contributed by atoms with E-state index in [1.54, 1.807) is 17.2 Å². The Bertz CT molecular complexity index is 622. The number of piperidine rings is 1. The third kappa shape index (κ3) is 3.54. The van der Waals surface area contributed by atoms with Gasteiger partial charge in [0, 0.05) is 51.3 Å². The fourth-order valence-electron chi connectivity index (χ4n) is 3.14. The molecule has 0 bridgehead atoms. The molecule has 0 saturated carbocycles. The molecule has 1 amide bonds. The van der Waals surface area contributed by atoms with Crippen LogP contribution >= 0.6 is 11.6 Å². The maximum absolute atomic E-state index is 13.2. The molecule has 7 heteroatoms. The normalized spacial score (nSPS) is 21.8. The van der Waals surface area contributed by atoms with E-state index in [0.717, 1.165) is 5.56 Å². The van der Waals surface area contributed by atoms with Gasteiger partial charge in [0.1, 0.15) is 5.69 Å². The molecule has 3 heterocycles. The Hall–Kier alpha value is -1.27. The topological polar surface area (TPSA) is 36.4 Å². The average Bonchev–Trinajstić information content (AvgIpc) is 2.47. The number of halogens is 3. The lowest BCUT2D eigenvalue weighted by atomic mass is 10.00. The molecule has 0 N–H and O–H groups in total. The van der Waals surface area contributed by atoms with Crippen molar-refractivity contribution in [3.05, 3.63) is 28.5 Å². The van der Waals surface area contributed by atoms with Gasteiger partial charge in [-0.25, -0.2) is 13.8 Å². The van der Waals surface area contributed by atoms with Gasteiger partial charge in [0.05, 0.1) is 5.02 Å². The number of pyridine rings is 1. The second-order valence-electron chi connectivity index (χ2n) is 7.01. The minimum absolute atomic E-state index is 0.0957. The van der Waals surface area contributed by atoms with E-state index in [0.29, 0.717) is 37.1 Å². The maximum Gasteiger partial charge on any atom is 0.274 e. The van der Waals surface area contributed by atoms with Crippen molar-refractivity contribution in [2.24, 2.45) is 0 Å². The van der Waals surface area contributed by atoms with E-state index in [4.69, 9.17) is 11.6 Å². The highest BCUT2D eigenvalue weighted by molar-refractivity contribution is 6.33. The zero-order valence-electron chi connectivity index (χ0n) is 13.9. The van der Waals surface area contributed by atoms with E-state index in [9.17, 15) is 13.6 Å². The summed E-state index contributed by atoms with van der Waals surface area (Å²) in [6, 6.07) is 1.95. The van der Waals surface area contributed by atoms with E-state index < -0.39 is 5.92 Å². The SMILES string of the molecule is CC(C)c1cnc(C(=O)N2CC(N3CCC(F)(F)CC3)C2)c(Cl)c1. The molecule has 0 unspecified atom stereocenters. The Balaban J connectivity index is 1.57. The summed E-state index contributed by atoms with van der Waals surface area (Å²) in [4.78, 5) is 20.5. The molecule has 2 aliphatic rings. The summed E-state index contributed by atoms with van der Waals surface area (Å²) < 4.78 is 26.4. The first-order valence-corrected chi connectivity index (χ1v) is 8.71. The van der Waals surface area contributed by atoms with Crippen LogP contribution in [-0.4, -0.2) is 58.8 Å². The predicted molar refractivity (Wildman–Crippen MR) is 88.8 cm³/mol. The van der Waals surface area contributed by atoms with Crippen LogP contribution < -0.4 is 0 Å². The molecule has 0 spiro atoms. The van der Waals surface area contributed by atoms with Gasteiger partial charge in [0.25, 0.3) is 11.8 Å². The van der Waals surface area contributed by atoms with Crippen molar-refractivity contribution >= 4 is 17.5 Å². The first-order valence-electron chi connectivity index (χ1n) is 8.33. The molecule has 132 valence electrons. The average molecular weight is 358 g/mol. The van der Waals surface area contributed by atoms with Crippen molar-refractivity contribution in [1.82, 2.24) is 14.8 Å². The van der Waals surface area contributed by atoms with Crippen molar-refractivity contribution in [2.45, 2.75) is 44.6 Å². The molecule has 3 rings (SSSR count). The lowest BCUT2D eigenvalue weighted by Gasteiger charge is -2.47. The molecule has 2 aliphatic heterocycles. The van der Waals surface area contributed by atoms with Crippen LogP contribution in [0.1, 0.15) is 48.7 Å². The predicted octanol–water partition coefficient (Wildman–Crippen LogP) is 3.41. The summed E-state index contributed by atoms with van der Waals surface area (Å²) >= 11 is 6.21. The largest absolute Gasteiger partial charge is 0.334 e. The highest BCUT2D eigenvalue weighted by Crippen LogP contribution is 2.31. The quantitative estimate of drug-likeness (QED) is 0.831. The fourth-order valence-corrected chi connectivity index (χ4v) is 3.40. The minimum atomic E-state index is -2.54. The van der Waals surface area contributed by atoms with E-state index in [2.05, 4.69) is 9.88 Å². The zero-order chi connectivity index (χ0) is 17.5. The summed E-state index contributed by atoms with van der Waals surface area (Å²) in [6.45, 7) is 5.96. The van der Waals surface area contributed by atoms with Crippen molar-refractivity contribution in [3.8, 4) is 0 Å². The third-order valence-electron chi connectivity index (χ3n) is 4.93. The number of amides is 1. The fraction of sp³-hybridized carbons (Fsp3) is 0.647. The van der Waals surface area contributed by atoms with Gasteiger partial charge in [-0.15, -0.1) is 0 Å². The number of aromatic nitrogens is 1. The van der Waals surface area contributed by atoms with Gasteiger partial charge in [0.15, 0.2) is 0 Å². The van der Waals surface area contributed by atoms with Gasteiger partial charge in [0.2, 0.25) is 0 Å². The molecular weight excluding hydrogens is 336 g/mol. The summed E-state index contributed by atoms with van der Waals surface area (Å²) in [5.74, 6) is -2.43. The Morgan fingerprint density at radius 3 is 2.50 bits per heavy atom. The number of alkyl halides is 2. The van der Waals surface area contributed by atoms with E-state index in [1.165, 1.54) is 0 Å². The second kappa shape index (κ2) is 6.56. The van der Waals surface area contributed by atoms with Crippen LogP contribution in [-0.2, 0) is 0 Å². The number of carbonyl (C=O) groups excluding carboxylic acids is 1. The number of rotatable bonds is 3. The molecule has 24 heavy (non-hydrogen) atoms. The monoisotopic (exact) mass is 357 g/mol. The van der Waals surface area contributed by atoms with Crippen LogP contribution in [0.3, 0.4) is 0 Å². The zero-order valence-corrected chi connectivity index (χ0v) is 14.7. The van der Waals surface area contributed by atoms with Gasteiger partial charge in [-0.1, -0.05) is 25.4 Å². The molecule has 1 aromatic heterocycles. The number of carbonyl (C=O) groups is 1. The Labute approximate surface area is 145 Å². The molecular formula is C17H22ClF2N3O. The maximum atomic E-state index is 13.2. The van der Waals surface area contributed by atoms with Gasteiger partial charge >= 0.3 is 0 Å². The summed E-state index contributed by atoms with van der Waals surface area (Å²) in [6.07, 6.45) is 1.50. The molecule has 2 saturated heterocycles. The summed E-state index contributed by atoms with van der Waals surface area (Å²) in [5, 5.41) is 0.368. The highest BCUT2D eigenvalue weighted by Gasteiger charge is 2.41. The van der Waals surface area contributed by atoms with Crippen LogP contribution in [0.25, 0.3) is 0 Å². The van der Waals surface area contributed by atoms with Crippen LogP contribution in [0.5, 0.6) is 0 Å². The second-order valence-corrected chi connectivity index (χ2v) is 7.42.